The third kappa shape index (κ3) is 3.57. The van der Waals surface area contributed by atoms with Gasteiger partial charge in [-0.2, -0.15) is 0 Å². The van der Waals surface area contributed by atoms with Crippen LogP contribution in [0.4, 0.5) is 10.5 Å². The van der Waals surface area contributed by atoms with Crippen molar-refractivity contribution in [3.05, 3.63) is 29.3 Å². The lowest BCUT2D eigenvalue weighted by Gasteiger charge is -2.37. The molecule has 1 aromatic rings. The van der Waals surface area contributed by atoms with E-state index in [1.165, 1.54) is 0 Å². The number of carbonyl (C=O) groups excluding carboxylic acids is 1. The topological polar surface area (TPSA) is 61.8 Å². The van der Waals surface area contributed by atoms with E-state index in [0.717, 1.165) is 29.7 Å². The van der Waals surface area contributed by atoms with Gasteiger partial charge in [0.2, 0.25) is 0 Å². The Kier molecular flexibility index (Phi) is 5.11. The van der Waals surface area contributed by atoms with Gasteiger partial charge < -0.3 is 20.1 Å². The molecule has 2 bridgehead atoms. The highest BCUT2D eigenvalue weighted by Crippen LogP contribution is 2.36. The second-order valence-corrected chi connectivity index (χ2v) is 7.30. The van der Waals surface area contributed by atoms with Gasteiger partial charge in [0.05, 0.1) is 18.8 Å². The van der Waals surface area contributed by atoms with Crippen LogP contribution in [0.25, 0.3) is 0 Å². The normalized spacial score (nSPS) is 26.0. The van der Waals surface area contributed by atoms with E-state index < -0.39 is 0 Å². The van der Waals surface area contributed by atoms with Gasteiger partial charge in [-0.25, -0.2) is 4.79 Å². The van der Waals surface area contributed by atoms with E-state index in [2.05, 4.69) is 5.32 Å². The number of aliphatic hydroxyl groups is 1. The first-order chi connectivity index (χ1) is 11.5. The lowest BCUT2D eigenvalue weighted by atomic mass is 10.0. The van der Waals surface area contributed by atoms with Crippen molar-refractivity contribution in [2.75, 3.05) is 5.32 Å². The van der Waals surface area contributed by atoms with Gasteiger partial charge in [-0.3, -0.25) is 0 Å². The maximum atomic E-state index is 12.8. The molecule has 2 aliphatic heterocycles. The molecule has 2 atom stereocenters. The van der Waals surface area contributed by atoms with Crippen molar-refractivity contribution in [1.82, 2.24) is 4.90 Å². The zero-order valence-corrected chi connectivity index (χ0v) is 14.8. The molecule has 0 aliphatic carbocycles. The number of nitrogens with one attached hydrogen (secondary N) is 1. The Morgan fingerprint density at radius 3 is 2.62 bits per heavy atom. The number of nitrogens with zero attached hydrogens (tertiary/aromatic N) is 1. The Bertz CT molecular complexity index is 588. The highest BCUT2D eigenvalue weighted by Gasteiger charge is 2.42. The fourth-order valence-corrected chi connectivity index (χ4v) is 3.89. The Balaban J connectivity index is 1.70. The van der Waals surface area contributed by atoms with Gasteiger partial charge in [-0.1, -0.05) is 12.1 Å². The van der Waals surface area contributed by atoms with Crippen LogP contribution < -0.4 is 5.32 Å². The Labute approximate surface area is 144 Å². The largest absolute Gasteiger partial charge is 0.393 e. The number of ether oxygens (including phenoxy) is 1. The van der Waals surface area contributed by atoms with Crippen molar-refractivity contribution in [1.29, 1.82) is 0 Å². The SMILES string of the molecule is Cc1c(COC(C)C)cccc1NC(=O)N1C2CCC1CC(O)C2. The van der Waals surface area contributed by atoms with Crippen molar-refractivity contribution in [3.8, 4) is 0 Å². The molecule has 0 radical (unpaired) electrons. The quantitative estimate of drug-likeness (QED) is 0.888. The summed E-state index contributed by atoms with van der Waals surface area (Å²) in [5.41, 5.74) is 2.99. The number of benzene rings is 1. The molecule has 1 aromatic carbocycles. The fraction of sp³-hybridized carbons (Fsp3) is 0.632. The third-order valence-electron chi connectivity index (χ3n) is 5.20. The van der Waals surface area contributed by atoms with E-state index in [9.17, 15) is 9.90 Å². The molecule has 0 spiro atoms. The Hall–Kier alpha value is -1.59. The van der Waals surface area contributed by atoms with Crippen molar-refractivity contribution in [2.45, 2.75) is 77.4 Å². The molecule has 2 amide bonds. The predicted octanol–water partition coefficient (Wildman–Crippen LogP) is 3.44. The van der Waals surface area contributed by atoms with Gasteiger partial charge in [0, 0.05) is 17.8 Å². The summed E-state index contributed by atoms with van der Waals surface area (Å²) in [5, 5.41) is 13.0. The number of piperidine rings is 1. The first kappa shape index (κ1) is 17.2. The van der Waals surface area contributed by atoms with Crippen LogP contribution in [0, 0.1) is 6.92 Å². The van der Waals surface area contributed by atoms with Crippen LogP contribution in [-0.2, 0) is 11.3 Å². The summed E-state index contributed by atoms with van der Waals surface area (Å²) in [5.74, 6) is 0. The van der Waals surface area contributed by atoms with E-state index in [-0.39, 0.29) is 30.3 Å². The van der Waals surface area contributed by atoms with Crippen molar-refractivity contribution >= 4 is 11.7 Å². The molecule has 2 saturated heterocycles. The number of carbonyl (C=O) groups is 1. The third-order valence-corrected chi connectivity index (χ3v) is 5.20. The monoisotopic (exact) mass is 332 g/mol. The van der Waals surface area contributed by atoms with E-state index in [4.69, 9.17) is 4.74 Å². The van der Waals surface area contributed by atoms with Crippen molar-refractivity contribution in [2.24, 2.45) is 0 Å². The summed E-state index contributed by atoms with van der Waals surface area (Å²) < 4.78 is 5.69. The van der Waals surface area contributed by atoms with Crippen LogP contribution in [0.15, 0.2) is 18.2 Å². The number of hydrogen-bond donors (Lipinski definition) is 2. The molecule has 132 valence electrons. The van der Waals surface area contributed by atoms with Gasteiger partial charge in [-0.15, -0.1) is 0 Å². The molecule has 2 heterocycles. The number of urea groups is 1. The van der Waals surface area contributed by atoms with E-state index >= 15 is 0 Å². The summed E-state index contributed by atoms with van der Waals surface area (Å²) in [7, 11) is 0. The first-order valence-electron chi connectivity index (χ1n) is 8.93. The molecule has 0 saturated carbocycles. The molecule has 2 unspecified atom stereocenters. The maximum absolute atomic E-state index is 12.8. The Morgan fingerprint density at radius 1 is 1.33 bits per heavy atom. The minimum absolute atomic E-state index is 0.0422. The molecule has 2 aliphatic rings. The van der Waals surface area contributed by atoms with Crippen LogP contribution in [-0.4, -0.2) is 40.3 Å². The molecule has 5 nitrogen and oxygen atoms in total. The first-order valence-corrected chi connectivity index (χ1v) is 8.93. The van der Waals surface area contributed by atoms with Crippen LogP contribution in [0.1, 0.15) is 50.7 Å². The zero-order valence-electron chi connectivity index (χ0n) is 14.8. The van der Waals surface area contributed by atoms with Gasteiger partial charge >= 0.3 is 6.03 Å². The van der Waals surface area contributed by atoms with Gasteiger partial charge in [0.1, 0.15) is 0 Å². The summed E-state index contributed by atoms with van der Waals surface area (Å²) in [4.78, 5) is 14.7. The maximum Gasteiger partial charge on any atom is 0.322 e. The molecule has 5 heteroatoms. The number of amides is 2. The standard InChI is InChI=1S/C19H28N2O3/c1-12(2)24-11-14-5-4-6-18(13(14)3)20-19(23)21-15-7-8-16(21)10-17(22)9-15/h4-6,12,15-17,22H,7-11H2,1-3H3,(H,20,23). The molecular weight excluding hydrogens is 304 g/mol. The molecule has 3 rings (SSSR count). The average Bonchev–Trinajstić information content (AvgIpc) is 2.80. The van der Waals surface area contributed by atoms with Crippen molar-refractivity contribution < 1.29 is 14.6 Å². The number of rotatable bonds is 4. The highest BCUT2D eigenvalue weighted by molar-refractivity contribution is 5.91. The van der Waals surface area contributed by atoms with Gasteiger partial charge in [0.25, 0.3) is 0 Å². The van der Waals surface area contributed by atoms with E-state index in [1.54, 1.807) is 0 Å². The zero-order chi connectivity index (χ0) is 17.3. The van der Waals surface area contributed by atoms with E-state index in [1.807, 2.05) is 43.9 Å². The van der Waals surface area contributed by atoms with E-state index in [0.29, 0.717) is 19.4 Å². The fourth-order valence-electron chi connectivity index (χ4n) is 3.89. The van der Waals surface area contributed by atoms with Crippen LogP contribution in [0.2, 0.25) is 0 Å². The molecule has 0 aromatic heterocycles. The van der Waals surface area contributed by atoms with Crippen LogP contribution >= 0.6 is 0 Å². The molecule has 24 heavy (non-hydrogen) atoms. The number of anilines is 1. The minimum atomic E-state index is -0.259. The predicted molar refractivity (Wildman–Crippen MR) is 94.0 cm³/mol. The second kappa shape index (κ2) is 7.11. The average molecular weight is 332 g/mol. The van der Waals surface area contributed by atoms with Gasteiger partial charge in [0.15, 0.2) is 0 Å². The van der Waals surface area contributed by atoms with Gasteiger partial charge in [-0.05, 0) is 63.6 Å². The summed E-state index contributed by atoms with van der Waals surface area (Å²) in [6, 6.07) is 6.23. The molecular formula is C19H28N2O3. The number of fused-ring (bicyclic) bond motifs is 2. The summed E-state index contributed by atoms with van der Waals surface area (Å²) in [6.45, 7) is 6.60. The lowest BCUT2D eigenvalue weighted by Crippen LogP contribution is -2.49. The van der Waals surface area contributed by atoms with Crippen molar-refractivity contribution in [3.63, 3.8) is 0 Å². The summed E-state index contributed by atoms with van der Waals surface area (Å²) >= 11 is 0. The molecule has 2 fully saturated rings. The summed E-state index contributed by atoms with van der Waals surface area (Å²) in [6.07, 6.45) is 3.31. The second-order valence-electron chi connectivity index (χ2n) is 7.30. The van der Waals surface area contributed by atoms with Crippen LogP contribution in [0.5, 0.6) is 0 Å². The van der Waals surface area contributed by atoms with Crippen LogP contribution in [0.3, 0.4) is 0 Å². The lowest BCUT2D eigenvalue weighted by molar-refractivity contribution is 0.0579. The smallest absolute Gasteiger partial charge is 0.322 e. The highest BCUT2D eigenvalue weighted by atomic mass is 16.5. The molecule has 2 N–H and O–H groups in total. The number of aliphatic hydroxyl groups excluding tert-OH is 1. The Morgan fingerprint density at radius 2 is 2.00 bits per heavy atom. The minimum Gasteiger partial charge on any atom is -0.393 e. The number of hydrogen-bond acceptors (Lipinski definition) is 3.